The number of hydrogen-bond acceptors (Lipinski definition) is 6. The van der Waals surface area contributed by atoms with Crippen LogP contribution in [-0.4, -0.2) is 37.5 Å². The molecule has 0 unspecified atom stereocenters. The summed E-state index contributed by atoms with van der Waals surface area (Å²) >= 11 is 1.57. The van der Waals surface area contributed by atoms with E-state index in [0.29, 0.717) is 18.5 Å². The number of sulfonamides is 1. The van der Waals surface area contributed by atoms with E-state index in [2.05, 4.69) is 10.3 Å². The second kappa shape index (κ2) is 6.93. The molecule has 0 saturated carbocycles. The van der Waals surface area contributed by atoms with Crippen LogP contribution >= 0.6 is 11.3 Å². The molecular formula is C16H17N3O4S2. The number of nitrogens with zero attached hydrogens (tertiary/aromatic N) is 2. The Kier molecular flexibility index (Phi) is 4.87. The van der Waals surface area contributed by atoms with E-state index in [1.807, 2.05) is 12.3 Å². The quantitative estimate of drug-likeness (QED) is 0.849. The number of anilines is 1. The summed E-state index contributed by atoms with van der Waals surface area (Å²) in [6.45, 7) is 2.39. The van der Waals surface area contributed by atoms with Crippen molar-refractivity contribution in [2.24, 2.45) is 0 Å². The van der Waals surface area contributed by atoms with Crippen LogP contribution in [0.4, 0.5) is 5.69 Å². The number of nitrogens with one attached hydrogen (secondary N) is 1. The average molecular weight is 379 g/mol. The van der Waals surface area contributed by atoms with Crippen molar-refractivity contribution < 1.29 is 18.0 Å². The number of aryl methyl sites for hydroxylation is 1. The SMILES string of the molecule is Cc1nc(CCNC(=O)c2ccc(N3C(=O)CCS3(=O)=O)cc2)cs1. The van der Waals surface area contributed by atoms with Gasteiger partial charge in [-0.25, -0.2) is 17.7 Å². The van der Waals surface area contributed by atoms with Gasteiger partial charge in [-0.2, -0.15) is 0 Å². The van der Waals surface area contributed by atoms with Gasteiger partial charge in [-0.15, -0.1) is 11.3 Å². The molecule has 2 heterocycles. The van der Waals surface area contributed by atoms with E-state index in [9.17, 15) is 18.0 Å². The first kappa shape index (κ1) is 17.6. The Bertz CT molecular complexity index is 904. The fraction of sp³-hybridized carbons (Fsp3) is 0.312. The highest BCUT2D eigenvalue weighted by atomic mass is 32.2. The largest absolute Gasteiger partial charge is 0.352 e. The molecule has 1 saturated heterocycles. The maximum Gasteiger partial charge on any atom is 0.251 e. The molecule has 1 fully saturated rings. The fourth-order valence-electron chi connectivity index (χ4n) is 2.55. The van der Waals surface area contributed by atoms with Gasteiger partial charge >= 0.3 is 0 Å². The van der Waals surface area contributed by atoms with Crippen LogP contribution in [0.25, 0.3) is 0 Å². The maximum atomic E-state index is 12.1. The molecule has 132 valence electrons. The highest BCUT2D eigenvalue weighted by molar-refractivity contribution is 7.94. The van der Waals surface area contributed by atoms with Crippen LogP contribution in [0.1, 0.15) is 27.5 Å². The third-order valence-electron chi connectivity index (χ3n) is 3.78. The van der Waals surface area contributed by atoms with Crippen LogP contribution in [-0.2, 0) is 21.2 Å². The minimum Gasteiger partial charge on any atom is -0.352 e. The van der Waals surface area contributed by atoms with Crippen LogP contribution in [0.5, 0.6) is 0 Å². The van der Waals surface area contributed by atoms with Crippen molar-refractivity contribution in [2.45, 2.75) is 19.8 Å². The summed E-state index contributed by atoms with van der Waals surface area (Å²) in [5, 5.41) is 5.75. The minimum atomic E-state index is -3.59. The van der Waals surface area contributed by atoms with E-state index in [0.717, 1.165) is 15.0 Å². The first-order valence-electron chi connectivity index (χ1n) is 7.72. The number of amides is 2. The van der Waals surface area contributed by atoms with Crippen molar-refractivity contribution >= 4 is 38.9 Å². The predicted molar refractivity (Wildman–Crippen MR) is 95.2 cm³/mol. The normalized spacial score (nSPS) is 16.2. The molecule has 1 aromatic heterocycles. The van der Waals surface area contributed by atoms with E-state index < -0.39 is 15.9 Å². The van der Waals surface area contributed by atoms with Gasteiger partial charge in [-0.05, 0) is 31.2 Å². The number of thiazole rings is 1. The summed E-state index contributed by atoms with van der Waals surface area (Å²) in [6, 6.07) is 5.97. The number of carbonyl (C=O) groups is 2. The highest BCUT2D eigenvalue weighted by Crippen LogP contribution is 2.25. The molecule has 3 rings (SSSR count). The van der Waals surface area contributed by atoms with Crippen molar-refractivity contribution in [3.8, 4) is 0 Å². The van der Waals surface area contributed by atoms with Gasteiger partial charge in [0.15, 0.2) is 0 Å². The third kappa shape index (κ3) is 3.88. The molecule has 7 nitrogen and oxygen atoms in total. The van der Waals surface area contributed by atoms with Gasteiger partial charge in [-0.1, -0.05) is 0 Å². The zero-order valence-corrected chi connectivity index (χ0v) is 15.2. The summed E-state index contributed by atoms with van der Waals surface area (Å²) < 4.78 is 24.6. The van der Waals surface area contributed by atoms with E-state index in [1.165, 1.54) is 24.3 Å². The topological polar surface area (TPSA) is 96.4 Å². The van der Waals surface area contributed by atoms with E-state index in [4.69, 9.17) is 0 Å². The molecule has 2 amide bonds. The van der Waals surface area contributed by atoms with Crippen molar-refractivity contribution in [2.75, 3.05) is 16.6 Å². The predicted octanol–water partition coefficient (Wildman–Crippen LogP) is 1.49. The molecule has 2 aromatic rings. The molecule has 0 bridgehead atoms. The molecule has 0 spiro atoms. The van der Waals surface area contributed by atoms with Gasteiger partial charge in [0, 0.05) is 30.3 Å². The average Bonchev–Trinajstić information content (AvgIpc) is 3.10. The second-order valence-corrected chi connectivity index (χ2v) is 8.63. The number of aromatic nitrogens is 1. The molecule has 0 radical (unpaired) electrons. The van der Waals surface area contributed by atoms with Crippen LogP contribution in [0.2, 0.25) is 0 Å². The monoisotopic (exact) mass is 379 g/mol. The fourth-order valence-corrected chi connectivity index (χ4v) is 4.65. The van der Waals surface area contributed by atoms with Crippen LogP contribution in [0, 0.1) is 6.92 Å². The second-order valence-electron chi connectivity index (χ2n) is 5.63. The smallest absolute Gasteiger partial charge is 0.251 e. The van der Waals surface area contributed by atoms with Crippen molar-refractivity contribution in [1.82, 2.24) is 10.3 Å². The van der Waals surface area contributed by atoms with Gasteiger partial charge in [-0.3, -0.25) is 9.59 Å². The maximum absolute atomic E-state index is 12.1. The molecule has 9 heteroatoms. The summed E-state index contributed by atoms with van der Waals surface area (Å²) in [5.41, 5.74) is 1.61. The van der Waals surface area contributed by atoms with Gasteiger partial charge in [0.25, 0.3) is 5.91 Å². The molecule has 1 aromatic carbocycles. The number of hydrogen-bond donors (Lipinski definition) is 1. The Labute approximate surface area is 149 Å². The summed E-state index contributed by atoms with van der Waals surface area (Å²) in [4.78, 5) is 28.2. The van der Waals surface area contributed by atoms with E-state index >= 15 is 0 Å². The zero-order valence-electron chi connectivity index (χ0n) is 13.6. The lowest BCUT2D eigenvalue weighted by atomic mass is 10.2. The summed E-state index contributed by atoms with van der Waals surface area (Å²) in [6.07, 6.45) is 0.634. The molecule has 25 heavy (non-hydrogen) atoms. The van der Waals surface area contributed by atoms with E-state index in [-0.39, 0.29) is 23.8 Å². The van der Waals surface area contributed by atoms with Gasteiger partial charge < -0.3 is 5.32 Å². The van der Waals surface area contributed by atoms with Crippen molar-refractivity contribution in [3.63, 3.8) is 0 Å². The van der Waals surface area contributed by atoms with Crippen molar-refractivity contribution in [1.29, 1.82) is 0 Å². The minimum absolute atomic E-state index is 0.0132. The van der Waals surface area contributed by atoms with Crippen molar-refractivity contribution in [3.05, 3.63) is 45.9 Å². The zero-order chi connectivity index (χ0) is 18.0. The molecule has 0 aliphatic carbocycles. The number of carbonyl (C=O) groups excluding carboxylic acids is 2. The summed E-state index contributed by atoms with van der Waals surface area (Å²) in [5.74, 6) is -0.880. The van der Waals surface area contributed by atoms with Crippen LogP contribution in [0.3, 0.4) is 0 Å². The molecule has 1 aliphatic rings. The molecular weight excluding hydrogens is 362 g/mol. The lowest BCUT2D eigenvalue weighted by Crippen LogP contribution is -2.29. The Hall–Kier alpha value is -2.26. The first-order chi connectivity index (χ1) is 11.9. The Balaban J connectivity index is 1.62. The first-order valence-corrected chi connectivity index (χ1v) is 10.2. The molecule has 0 atom stereocenters. The standard InChI is InChI=1S/C16H17N3O4S2/c1-11-18-13(10-24-11)6-8-17-16(21)12-2-4-14(5-3-12)19-15(20)7-9-25(19,22)23/h2-5,10H,6-9H2,1H3,(H,17,21). The van der Waals surface area contributed by atoms with Crippen LogP contribution in [0.15, 0.2) is 29.6 Å². The lowest BCUT2D eigenvalue weighted by Gasteiger charge is -2.15. The van der Waals surface area contributed by atoms with Gasteiger partial charge in [0.05, 0.1) is 22.1 Å². The van der Waals surface area contributed by atoms with E-state index in [1.54, 1.807) is 11.3 Å². The summed E-state index contributed by atoms with van der Waals surface area (Å²) in [7, 11) is -3.59. The number of benzene rings is 1. The Morgan fingerprint density at radius 3 is 2.60 bits per heavy atom. The highest BCUT2D eigenvalue weighted by Gasteiger charge is 2.36. The number of rotatable bonds is 5. The Morgan fingerprint density at radius 1 is 1.32 bits per heavy atom. The Morgan fingerprint density at radius 2 is 2.04 bits per heavy atom. The van der Waals surface area contributed by atoms with Crippen LogP contribution < -0.4 is 9.62 Å². The molecule has 1 aliphatic heterocycles. The van der Waals surface area contributed by atoms with Gasteiger partial charge in [0.2, 0.25) is 15.9 Å². The molecule has 1 N–H and O–H groups in total. The van der Waals surface area contributed by atoms with Gasteiger partial charge in [0.1, 0.15) is 0 Å². The third-order valence-corrected chi connectivity index (χ3v) is 6.29. The lowest BCUT2D eigenvalue weighted by molar-refractivity contribution is -0.116.